The van der Waals surface area contributed by atoms with Crippen LogP contribution in [-0.2, 0) is 4.74 Å². The van der Waals surface area contributed by atoms with Gasteiger partial charge in [0, 0.05) is 0 Å². The Labute approximate surface area is 66.0 Å². The predicted molar refractivity (Wildman–Crippen MR) is 39.1 cm³/mol. The molecule has 0 aromatic heterocycles. The molecule has 2 fully saturated rings. The standard InChI is InChI=1S/C8H14O3/c9-5-1-7-3-6(10)4-8(2-5)11-7/h5-10H,1-4H2. The Kier molecular flexibility index (Phi) is 1.87. The van der Waals surface area contributed by atoms with Crippen molar-refractivity contribution in [2.75, 3.05) is 0 Å². The van der Waals surface area contributed by atoms with Gasteiger partial charge < -0.3 is 14.9 Å². The van der Waals surface area contributed by atoms with E-state index in [1.54, 1.807) is 0 Å². The minimum absolute atomic E-state index is 0.104. The molecule has 2 rings (SSSR count). The normalized spacial score (nSPS) is 50.7. The molecule has 11 heavy (non-hydrogen) atoms. The molecule has 0 saturated carbocycles. The van der Waals surface area contributed by atoms with Gasteiger partial charge in [-0.3, -0.25) is 0 Å². The van der Waals surface area contributed by atoms with Crippen molar-refractivity contribution in [2.45, 2.75) is 50.1 Å². The lowest BCUT2D eigenvalue weighted by atomic mass is 9.88. The first kappa shape index (κ1) is 7.53. The highest BCUT2D eigenvalue weighted by Crippen LogP contribution is 2.30. The van der Waals surface area contributed by atoms with E-state index in [-0.39, 0.29) is 24.4 Å². The first-order chi connectivity index (χ1) is 5.24. The highest BCUT2D eigenvalue weighted by Gasteiger charge is 2.35. The number of hydrogen-bond donors (Lipinski definition) is 2. The minimum Gasteiger partial charge on any atom is -0.393 e. The zero-order chi connectivity index (χ0) is 7.84. The summed E-state index contributed by atoms with van der Waals surface area (Å²) in [5.74, 6) is 0. The summed E-state index contributed by atoms with van der Waals surface area (Å²) in [5.41, 5.74) is 0. The fourth-order valence-electron chi connectivity index (χ4n) is 2.09. The summed E-state index contributed by atoms with van der Waals surface area (Å²) < 4.78 is 5.54. The minimum atomic E-state index is -0.203. The van der Waals surface area contributed by atoms with Crippen LogP contribution in [0.5, 0.6) is 0 Å². The first-order valence-electron chi connectivity index (χ1n) is 4.25. The monoisotopic (exact) mass is 158 g/mol. The van der Waals surface area contributed by atoms with Gasteiger partial charge in [0.25, 0.3) is 0 Å². The largest absolute Gasteiger partial charge is 0.393 e. The van der Waals surface area contributed by atoms with Gasteiger partial charge in [-0.15, -0.1) is 0 Å². The second-order valence-electron chi connectivity index (χ2n) is 3.63. The summed E-state index contributed by atoms with van der Waals surface area (Å²) >= 11 is 0. The molecule has 3 nitrogen and oxygen atoms in total. The summed E-state index contributed by atoms with van der Waals surface area (Å²) in [6.07, 6.45) is 2.61. The summed E-state index contributed by atoms with van der Waals surface area (Å²) in [4.78, 5) is 0. The number of aliphatic hydroxyl groups excluding tert-OH is 2. The van der Waals surface area contributed by atoms with Gasteiger partial charge in [0.05, 0.1) is 24.4 Å². The maximum absolute atomic E-state index is 9.34. The van der Waals surface area contributed by atoms with Gasteiger partial charge in [-0.25, -0.2) is 0 Å². The molecule has 0 unspecified atom stereocenters. The molecule has 0 aliphatic carbocycles. The van der Waals surface area contributed by atoms with Gasteiger partial charge in [-0.1, -0.05) is 0 Å². The third kappa shape index (κ3) is 1.55. The zero-order valence-corrected chi connectivity index (χ0v) is 6.44. The molecule has 64 valence electrons. The Balaban J connectivity index is 2.00. The molecule has 2 N–H and O–H groups in total. The fourth-order valence-corrected chi connectivity index (χ4v) is 2.09. The molecular formula is C8H14O3. The average Bonchev–Trinajstić information content (AvgIpc) is 1.82. The fraction of sp³-hybridized carbons (Fsp3) is 1.00. The highest BCUT2D eigenvalue weighted by atomic mass is 16.5. The van der Waals surface area contributed by atoms with Crippen LogP contribution in [0.2, 0.25) is 0 Å². The van der Waals surface area contributed by atoms with Crippen molar-refractivity contribution < 1.29 is 14.9 Å². The lowest BCUT2D eigenvalue weighted by molar-refractivity contribution is -0.151. The van der Waals surface area contributed by atoms with E-state index >= 15 is 0 Å². The van der Waals surface area contributed by atoms with E-state index < -0.39 is 0 Å². The molecule has 0 atom stereocenters. The van der Waals surface area contributed by atoms with Crippen LogP contribution in [0.15, 0.2) is 0 Å². The van der Waals surface area contributed by atoms with Crippen LogP contribution in [0, 0.1) is 0 Å². The van der Waals surface area contributed by atoms with Crippen molar-refractivity contribution in [3.8, 4) is 0 Å². The van der Waals surface area contributed by atoms with Crippen molar-refractivity contribution in [2.24, 2.45) is 0 Å². The summed E-state index contributed by atoms with van der Waals surface area (Å²) in [5, 5.41) is 18.7. The maximum atomic E-state index is 9.34. The molecule has 2 saturated heterocycles. The van der Waals surface area contributed by atoms with E-state index in [2.05, 4.69) is 0 Å². The molecule has 2 aliphatic heterocycles. The SMILES string of the molecule is OC1CC2CC(O)CC(C1)O2. The Bertz CT molecular complexity index is 115. The molecule has 0 aromatic carbocycles. The van der Waals surface area contributed by atoms with Crippen molar-refractivity contribution in [1.82, 2.24) is 0 Å². The van der Waals surface area contributed by atoms with Crippen LogP contribution >= 0.6 is 0 Å². The molecule has 2 bridgehead atoms. The van der Waals surface area contributed by atoms with E-state index in [1.807, 2.05) is 0 Å². The third-order valence-corrected chi connectivity index (χ3v) is 2.52. The Morgan fingerprint density at radius 3 is 1.55 bits per heavy atom. The molecule has 0 aromatic rings. The van der Waals surface area contributed by atoms with Gasteiger partial charge in [0.2, 0.25) is 0 Å². The molecule has 2 heterocycles. The van der Waals surface area contributed by atoms with E-state index in [0.717, 1.165) is 0 Å². The van der Waals surface area contributed by atoms with Crippen LogP contribution in [0.4, 0.5) is 0 Å². The smallest absolute Gasteiger partial charge is 0.0628 e. The second kappa shape index (κ2) is 2.73. The van der Waals surface area contributed by atoms with Crippen molar-refractivity contribution in [1.29, 1.82) is 0 Å². The first-order valence-corrected chi connectivity index (χ1v) is 4.25. The zero-order valence-electron chi connectivity index (χ0n) is 6.44. The lowest BCUT2D eigenvalue weighted by Gasteiger charge is -2.39. The van der Waals surface area contributed by atoms with Gasteiger partial charge in [-0.05, 0) is 25.7 Å². The summed E-state index contributed by atoms with van der Waals surface area (Å²) in [7, 11) is 0. The van der Waals surface area contributed by atoms with E-state index in [0.29, 0.717) is 25.7 Å². The number of rotatable bonds is 0. The maximum Gasteiger partial charge on any atom is 0.0628 e. The van der Waals surface area contributed by atoms with Crippen LogP contribution in [0.3, 0.4) is 0 Å². The van der Waals surface area contributed by atoms with Crippen LogP contribution in [-0.4, -0.2) is 34.6 Å². The van der Waals surface area contributed by atoms with Gasteiger partial charge in [0.1, 0.15) is 0 Å². The Morgan fingerprint density at radius 1 is 0.818 bits per heavy atom. The van der Waals surface area contributed by atoms with Crippen LogP contribution in [0.1, 0.15) is 25.7 Å². The van der Waals surface area contributed by atoms with Crippen molar-refractivity contribution in [3.05, 3.63) is 0 Å². The molecule has 2 aliphatic rings. The van der Waals surface area contributed by atoms with Crippen molar-refractivity contribution in [3.63, 3.8) is 0 Å². The van der Waals surface area contributed by atoms with E-state index in [4.69, 9.17) is 4.74 Å². The molecule has 0 amide bonds. The number of hydrogen-bond acceptors (Lipinski definition) is 3. The highest BCUT2D eigenvalue weighted by molar-refractivity contribution is 4.85. The van der Waals surface area contributed by atoms with E-state index in [9.17, 15) is 10.2 Å². The number of ether oxygens (including phenoxy) is 1. The predicted octanol–water partition coefficient (Wildman–Crippen LogP) is 0.0496. The average molecular weight is 158 g/mol. The van der Waals surface area contributed by atoms with Crippen LogP contribution in [0.25, 0.3) is 0 Å². The van der Waals surface area contributed by atoms with Crippen LogP contribution < -0.4 is 0 Å². The topological polar surface area (TPSA) is 49.7 Å². The molecule has 3 heteroatoms. The van der Waals surface area contributed by atoms with Gasteiger partial charge in [-0.2, -0.15) is 0 Å². The summed E-state index contributed by atoms with van der Waals surface area (Å²) in [6, 6.07) is 0. The van der Waals surface area contributed by atoms with E-state index in [1.165, 1.54) is 0 Å². The number of aliphatic hydroxyl groups is 2. The second-order valence-corrected chi connectivity index (χ2v) is 3.63. The quantitative estimate of drug-likeness (QED) is 0.523. The molecule has 0 spiro atoms. The van der Waals surface area contributed by atoms with Gasteiger partial charge >= 0.3 is 0 Å². The lowest BCUT2D eigenvalue weighted by Crippen LogP contribution is -2.43. The Morgan fingerprint density at radius 2 is 1.18 bits per heavy atom. The molecular weight excluding hydrogens is 144 g/mol. The van der Waals surface area contributed by atoms with Gasteiger partial charge in [0.15, 0.2) is 0 Å². The number of fused-ring (bicyclic) bond motifs is 2. The third-order valence-electron chi connectivity index (χ3n) is 2.52. The van der Waals surface area contributed by atoms with Crippen molar-refractivity contribution >= 4 is 0 Å². The Hall–Kier alpha value is -0.120. The summed E-state index contributed by atoms with van der Waals surface area (Å²) in [6.45, 7) is 0. The molecule has 0 radical (unpaired) electrons.